The van der Waals surface area contributed by atoms with Crippen LogP contribution in [0.5, 0.6) is 5.88 Å². The topological polar surface area (TPSA) is 22.1 Å². The third-order valence-corrected chi connectivity index (χ3v) is 1.69. The fraction of sp³-hybridized carbons (Fsp3) is 0.167. The van der Waals surface area contributed by atoms with Crippen LogP contribution < -0.4 is 4.74 Å². The van der Waals surface area contributed by atoms with Gasteiger partial charge in [0.05, 0.1) is 15.6 Å². The summed E-state index contributed by atoms with van der Waals surface area (Å²) in [5.41, 5.74) is 0. The normalized spacial score (nSPS) is 15.2. The van der Waals surface area contributed by atoms with Crippen molar-refractivity contribution in [2.24, 2.45) is 0 Å². The van der Waals surface area contributed by atoms with Crippen molar-refractivity contribution < 1.29 is 8.85 Å². The largest absolute Gasteiger partial charge is 0.480 e. The number of aromatic nitrogens is 1. The van der Waals surface area contributed by atoms with Crippen LogP contribution in [0, 0.1) is 0 Å². The molecule has 0 N–H and O–H groups in total. The summed E-state index contributed by atoms with van der Waals surface area (Å²) in [6, 6.07) is 3.09. The number of rotatable bonds is 1. The van der Waals surface area contributed by atoms with Gasteiger partial charge in [-0.1, -0.05) is 11.6 Å². The number of nitrogens with zero attached hydrogens (tertiary/aromatic N) is 1. The number of halogens is 2. The Kier molecular flexibility index (Phi) is 1.47. The summed E-state index contributed by atoms with van der Waals surface area (Å²) < 4.78 is 25.6. The summed E-state index contributed by atoms with van der Waals surface area (Å²) in [6.45, 7) is 0. The molecule has 0 atom stereocenters. The number of ether oxygens (including phenoxy) is 1. The summed E-state index contributed by atoms with van der Waals surface area (Å²) in [7, 11) is -2.51. The Labute approximate surface area is 76.5 Å². The first-order valence-corrected chi connectivity index (χ1v) is 3.57. The standard InChI is InChI=1S/C6H5BrClNO/c1-10-6-4(7)2-3-5(8)9-6/h2-3H,1H3/i1D3. The average Bonchev–Trinajstić information content (AvgIpc) is 1.94. The molecule has 0 aliphatic heterocycles. The lowest BCUT2D eigenvalue weighted by atomic mass is 10.5. The average molecular weight is 225 g/mol. The third kappa shape index (κ3) is 1.61. The van der Waals surface area contributed by atoms with E-state index >= 15 is 0 Å². The lowest BCUT2D eigenvalue weighted by Gasteiger charge is -1.99. The molecular formula is C6H5BrClNO. The summed E-state index contributed by atoms with van der Waals surface area (Å²) in [5, 5.41) is 0.183. The quantitative estimate of drug-likeness (QED) is 0.685. The van der Waals surface area contributed by atoms with E-state index in [9.17, 15) is 0 Å². The Morgan fingerprint density at radius 2 is 2.60 bits per heavy atom. The molecule has 0 bridgehead atoms. The van der Waals surface area contributed by atoms with Crippen molar-refractivity contribution in [1.82, 2.24) is 4.98 Å². The molecule has 0 aliphatic carbocycles. The molecule has 4 heteroatoms. The van der Waals surface area contributed by atoms with E-state index in [-0.39, 0.29) is 11.0 Å². The van der Waals surface area contributed by atoms with Crippen LogP contribution in [0.4, 0.5) is 0 Å². The lowest BCUT2D eigenvalue weighted by molar-refractivity contribution is 0.395. The van der Waals surface area contributed by atoms with Crippen LogP contribution in [0.15, 0.2) is 16.6 Å². The van der Waals surface area contributed by atoms with Crippen LogP contribution >= 0.6 is 27.5 Å². The molecule has 0 unspecified atom stereocenters. The lowest BCUT2D eigenvalue weighted by Crippen LogP contribution is -1.87. The van der Waals surface area contributed by atoms with E-state index in [0.29, 0.717) is 4.47 Å². The summed E-state index contributed by atoms with van der Waals surface area (Å²) in [4.78, 5) is 3.69. The first-order chi connectivity index (χ1) is 5.88. The van der Waals surface area contributed by atoms with Gasteiger partial charge in [0.25, 0.3) is 0 Å². The molecule has 1 aromatic heterocycles. The highest BCUT2D eigenvalue weighted by atomic mass is 79.9. The second kappa shape index (κ2) is 3.21. The maximum Gasteiger partial charge on any atom is 0.229 e. The minimum absolute atomic E-state index is 0.0347. The molecule has 0 amide bonds. The van der Waals surface area contributed by atoms with E-state index < -0.39 is 7.04 Å². The van der Waals surface area contributed by atoms with Crippen molar-refractivity contribution in [3.63, 3.8) is 0 Å². The van der Waals surface area contributed by atoms with Gasteiger partial charge in [-0.15, -0.1) is 0 Å². The van der Waals surface area contributed by atoms with Gasteiger partial charge >= 0.3 is 0 Å². The van der Waals surface area contributed by atoms with Gasteiger partial charge in [0.15, 0.2) is 0 Å². The number of pyridine rings is 1. The molecule has 0 aliphatic rings. The molecule has 0 radical (unpaired) electrons. The second-order valence-corrected chi connectivity index (χ2v) is 2.76. The van der Waals surface area contributed by atoms with Crippen LogP contribution in [-0.4, -0.2) is 12.0 Å². The SMILES string of the molecule is [2H]C([2H])([2H])Oc1nc(Cl)ccc1Br. The Morgan fingerprint density at radius 3 is 3.30 bits per heavy atom. The van der Waals surface area contributed by atoms with Crippen LogP contribution in [0.25, 0.3) is 0 Å². The van der Waals surface area contributed by atoms with E-state index in [1.807, 2.05) is 0 Å². The maximum absolute atomic E-state index is 6.84. The van der Waals surface area contributed by atoms with Crippen molar-refractivity contribution in [1.29, 1.82) is 0 Å². The van der Waals surface area contributed by atoms with E-state index in [2.05, 4.69) is 25.7 Å². The van der Waals surface area contributed by atoms with Crippen molar-refractivity contribution in [3.05, 3.63) is 21.8 Å². The van der Waals surface area contributed by atoms with Gasteiger partial charge in [0.2, 0.25) is 5.88 Å². The molecule has 54 valence electrons. The van der Waals surface area contributed by atoms with E-state index in [4.69, 9.17) is 15.7 Å². The Bertz CT molecular complexity index is 317. The zero-order chi connectivity index (χ0) is 10.1. The predicted molar refractivity (Wildman–Crippen MR) is 43.5 cm³/mol. The predicted octanol–water partition coefficient (Wildman–Crippen LogP) is 2.51. The summed E-state index contributed by atoms with van der Waals surface area (Å²) >= 11 is 8.64. The molecule has 0 saturated carbocycles. The first kappa shape index (κ1) is 4.57. The zero-order valence-corrected chi connectivity index (χ0v) is 7.11. The molecule has 1 heterocycles. The van der Waals surface area contributed by atoms with Crippen molar-refractivity contribution in [2.75, 3.05) is 7.04 Å². The molecule has 2 nitrogen and oxygen atoms in total. The van der Waals surface area contributed by atoms with Gasteiger partial charge in [0, 0.05) is 0 Å². The molecule has 0 spiro atoms. The molecule has 10 heavy (non-hydrogen) atoms. The van der Waals surface area contributed by atoms with Crippen molar-refractivity contribution in [2.45, 2.75) is 0 Å². The Hall–Kier alpha value is -0.280. The Morgan fingerprint density at radius 1 is 1.80 bits per heavy atom. The van der Waals surface area contributed by atoms with E-state index in [0.717, 1.165) is 0 Å². The summed E-state index contributed by atoms with van der Waals surface area (Å²) in [5.74, 6) is -0.0347. The van der Waals surface area contributed by atoms with Gasteiger partial charge in [-0.25, -0.2) is 4.98 Å². The van der Waals surface area contributed by atoms with E-state index in [1.165, 1.54) is 6.07 Å². The molecule has 0 aromatic carbocycles. The van der Waals surface area contributed by atoms with Gasteiger partial charge in [-0.2, -0.15) is 0 Å². The highest BCUT2D eigenvalue weighted by Gasteiger charge is 1.99. The van der Waals surface area contributed by atoms with Crippen molar-refractivity contribution >= 4 is 27.5 Å². The third-order valence-electron chi connectivity index (χ3n) is 0.877. The van der Waals surface area contributed by atoms with Crippen LogP contribution in [0.1, 0.15) is 4.11 Å². The maximum atomic E-state index is 6.84. The van der Waals surface area contributed by atoms with Crippen LogP contribution in [0.3, 0.4) is 0 Å². The highest BCUT2D eigenvalue weighted by Crippen LogP contribution is 2.23. The minimum Gasteiger partial charge on any atom is -0.480 e. The smallest absolute Gasteiger partial charge is 0.229 e. The zero-order valence-electron chi connectivity index (χ0n) is 7.77. The fourth-order valence-electron chi connectivity index (χ4n) is 0.472. The highest BCUT2D eigenvalue weighted by molar-refractivity contribution is 9.10. The Balaban J connectivity index is 2.94. The van der Waals surface area contributed by atoms with Gasteiger partial charge in [-0.3, -0.25) is 0 Å². The van der Waals surface area contributed by atoms with E-state index in [1.54, 1.807) is 6.07 Å². The van der Waals surface area contributed by atoms with Gasteiger partial charge < -0.3 is 4.74 Å². The fourth-order valence-corrected chi connectivity index (χ4v) is 0.914. The molecule has 1 aromatic rings. The second-order valence-electron chi connectivity index (χ2n) is 1.52. The number of methoxy groups -OCH3 is 1. The van der Waals surface area contributed by atoms with Gasteiger partial charge in [0.1, 0.15) is 5.15 Å². The molecule has 0 saturated heterocycles. The van der Waals surface area contributed by atoms with Crippen LogP contribution in [-0.2, 0) is 0 Å². The molecule has 0 fully saturated rings. The molecular weight excluding hydrogens is 217 g/mol. The first-order valence-electron chi connectivity index (χ1n) is 3.89. The van der Waals surface area contributed by atoms with Crippen molar-refractivity contribution in [3.8, 4) is 5.88 Å². The summed E-state index contributed by atoms with van der Waals surface area (Å²) in [6.07, 6.45) is 0. The number of hydrogen-bond donors (Lipinski definition) is 0. The van der Waals surface area contributed by atoms with Gasteiger partial charge in [-0.05, 0) is 28.1 Å². The number of hydrogen-bond acceptors (Lipinski definition) is 2. The monoisotopic (exact) mass is 224 g/mol. The minimum atomic E-state index is -2.51. The van der Waals surface area contributed by atoms with Crippen LogP contribution in [0.2, 0.25) is 5.15 Å². The molecule has 1 rings (SSSR count).